The first-order chi connectivity index (χ1) is 7.16. The Morgan fingerprint density at radius 2 is 1.93 bits per heavy atom. The van der Waals surface area contributed by atoms with E-state index in [0.29, 0.717) is 18.3 Å². The highest BCUT2D eigenvalue weighted by Crippen LogP contribution is 2.27. The van der Waals surface area contributed by atoms with E-state index in [4.69, 9.17) is 11.1 Å². The van der Waals surface area contributed by atoms with E-state index in [0.717, 1.165) is 19.1 Å². The van der Waals surface area contributed by atoms with Crippen LogP contribution in [0.15, 0.2) is 0 Å². The summed E-state index contributed by atoms with van der Waals surface area (Å²) in [7, 11) is 0. The molecule has 1 saturated heterocycles. The molecule has 1 unspecified atom stereocenters. The molecular formula is C11H22N4. The summed E-state index contributed by atoms with van der Waals surface area (Å²) < 4.78 is 0. The van der Waals surface area contributed by atoms with Crippen molar-refractivity contribution in [1.29, 1.82) is 5.41 Å². The van der Waals surface area contributed by atoms with Crippen LogP contribution in [0.4, 0.5) is 0 Å². The number of amidine groups is 1. The Morgan fingerprint density at radius 3 is 2.40 bits per heavy atom. The van der Waals surface area contributed by atoms with Crippen molar-refractivity contribution < 1.29 is 0 Å². The largest absolute Gasteiger partial charge is 0.388 e. The third-order valence-corrected chi connectivity index (χ3v) is 3.55. The number of nitrogens with two attached hydrogens (primary N) is 1. The van der Waals surface area contributed by atoms with Gasteiger partial charge in [-0.1, -0.05) is 0 Å². The predicted octanol–water partition coefficient (Wildman–Crippen LogP) is 0.481. The van der Waals surface area contributed by atoms with Crippen LogP contribution in [0.2, 0.25) is 0 Å². The van der Waals surface area contributed by atoms with Crippen molar-refractivity contribution in [2.75, 3.05) is 26.2 Å². The molecule has 1 saturated carbocycles. The summed E-state index contributed by atoms with van der Waals surface area (Å²) in [6.07, 6.45) is 3.52. The van der Waals surface area contributed by atoms with Crippen LogP contribution >= 0.6 is 0 Å². The van der Waals surface area contributed by atoms with E-state index < -0.39 is 0 Å². The van der Waals surface area contributed by atoms with Crippen molar-refractivity contribution in [2.24, 2.45) is 5.73 Å². The highest BCUT2D eigenvalue weighted by molar-refractivity contribution is 5.77. The molecule has 0 aromatic rings. The molecule has 86 valence electrons. The molecule has 15 heavy (non-hydrogen) atoms. The lowest BCUT2D eigenvalue weighted by Crippen LogP contribution is -2.50. The Hall–Kier alpha value is -0.610. The van der Waals surface area contributed by atoms with Gasteiger partial charge in [-0.2, -0.15) is 0 Å². The number of hydrogen-bond donors (Lipinski definition) is 2. The molecule has 1 atom stereocenters. The molecule has 0 amide bonds. The topological polar surface area (TPSA) is 56.4 Å². The second-order valence-corrected chi connectivity index (χ2v) is 4.88. The van der Waals surface area contributed by atoms with E-state index in [1.165, 1.54) is 25.9 Å². The van der Waals surface area contributed by atoms with Crippen LogP contribution in [0, 0.1) is 5.41 Å². The Kier molecular flexibility index (Phi) is 3.26. The first-order valence-electron chi connectivity index (χ1n) is 5.98. The normalized spacial score (nSPS) is 26.5. The van der Waals surface area contributed by atoms with Gasteiger partial charge >= 0.3 is 0 Å². The molecule has 1 aliphatic heterocycles. The van der Waals surface area contributed by atoms with E-state index in [1.807, 2.05) is 0 Å². The van der Waals surface area contributed by atoms with Gasteiger partial charge in [-0.3, -0.25) is 15.2 Å². The SMILES string of the molecule is CC(CC(=N)N)N1CCN(C2CC2)CC1. The summed E-state index contributed by atoms with van der Waals surface area (Å²) in [5.74, 6) is 0.312. The maximum atomic E-state index is 7.30. The standard InChI is InChI=1S/C11H22N4/c1-9(8-11(12)13)14-4-6-15(7-5-14)10-2-3-10/h9-10H,2-8H2,1H3,(H3,12,13). The molecule has 2 rings (SSSR count). The van der Waals surface area contributed by atoms with E-state index in [2.05, 4.69) is 16.7 Å². The molecule has 2 fully saturated rings. The van der Waals surface area contributed by atoms with Crippen molar-refractivity contribution in [3.05, 3.63) is 0 Å². The van der Waals surface area contributed by atoms with Crippen molar-refractivity contribution in [1.82, 2.24) is 9.80 Å². The average Bonchev–Trinajstić information content (AvgIpc) is 3.00. The van der Waals surface area contributed by atoms with Crippen molar-refractivity contribution in [2.45, 2.75) is 38.3 Å². The van der Waals surface area contributed by atoms with Crippen molar-refractivity contribution in [3.8, 4) is 0 Å². The fourth-order valence-corrected chi connectivity index (χ4v) is 2.43. The van der Waals surface area contributed by atoms with Gasteiger partial charge in [-0.15, -0.1) is 0 Å². The lowest BCUT2D eigenvalue weighted by Gasteiger charge is -2.38. The summed E-state index contributed by atoms with van der Waals surface area (Å²) in [6.45, 7) is 6.86. The van der Waals surface area contributed by atoms with E-state index in [-0.39, 0.29) is 0 Å². The smallest absolute Gasteiger partial charge is 0.0920 e. The second-order valence-electron chi connectivity index (χ2n) is 4.88. The van der Waals surface area contributed by atoms with Gasteiger partial charge in [-0.05, 0) is 19.8 Å². The third-order valence-electron chi connectivity index (χ3n) is 3.55. The third kappa shape index (κ3) is 2.92. The molecule has 1 aliphatic carbocycles. The quantitative estimate of drug-likeness (QED) is 0.524. The number of nitrogens with one attached hydrogen (secondary N) is 1. The maximum Gasteiger partial charge on any atom is 0.0920 e. The molecule has 0 aromatic carbocycles. The number of piperazine rings is 1. The van der Waals surface area contributed by atoms with E-state index >= 15 is 0 Å². The zero-order valence-corrected chi connectivity index (χ0v) is 9.58. The molecule has 3 N–H and O–H groups in total. The Labute approximate surface area is 91.9 Å². The number of hydrogen-bond acceptors (Lipinski definition) is 3. The van der Waals surface area contributed by atoms with E-state index in [9.17, 15) is 0 Å². The second kappa shape index (κ2) is 4.49. The highest BCUT2D eigenvalue weighted by Gasteiger charge is 2.32. The lowest BCUT2D eigenvalue weighted by molar-refractivity contribution is 0.0996. The Bertz CT molecular complexity index is 229. The highest BCUT2D eigenvalue weighted by atomic mass is 15.3. The van der Waals surface area contributed by atoms with Crippen LogP contribution in [0.3, 0.4) is 0 Å². The van der Waals surface area contributed by atoms with Crippen LogP contribution in [0.5, 0.6) is 0 Å². The molecular weight excluding hydrogens is 188 g/mol. The van der Waals surface area contributed by atoms with Crippen LogP contribution in [0.25, 0.3) is 0 Å². The van der Waals surface area contributed by atoms with Gasteiger partial charge in [-0.25, -0.2) is 0 Å². The first-order valence-corrected chi connectivity index (χ1v) is 5.98. The number of rotatable bonds is 4. The molecule has 0 aromatic heterocycles. The van der Waals surface area contributed by atoms with Crippen molar-refractivity contribution in [3.63, 3.8) is 0 Å². The summed E-state index contributed by atoms with van der Waals surface area (Å²) in [5.41, 5.74) is 5.43. The maximum absolute atomic E-state index is 7.30. The summed E-state index contributed by atoms with van der Waals surface area (Å²) >= 11 is 0. The molecule has 4 nitrogen and oxygen atoms in total. The summed E-state index contributed by atoms with van der Waals surface area (Å²) in [4.78, 5) is 5.07. The van der Waals surface area contributed by atoms with Gasteiger partial charge < -0.3 is 5.73 Å². The Morgan fingerprint density at radius 1 is 1.33 bits per heavy atom. The van der Waals surface area contributed by atoms with Gasteiger partial charge in [0.25, 0.3) is 0 Å². The van der Waals surface area contributed by atoms with Crippen LogP contribution in [0.1, 0.15) is 26.2 Å². The molecule has 0 spiro atoms. The molecule has 0 radical (unpaired) electrons. The van der Waals surface area contributed by atoms with Crippen molar-refractivity contribution >= 4 is 5.84 Å². The fourth-order valence-electron chi connectivity index (χ4n) is 2.43. The first kappa shape index (κ1) is 10.9. The Balaban J connectivity index is 1.74. The summed E-state index contributed by atoms with van der Waals surface area (Å²) in [6, 6.07) is 1.33. The summed E-state index contributed by atoms with van der Waals surface area (Å²) in [5, 5.41) is 7.30. The van der Waals surface area contributed by atoms with Gasteiger partial charge in [0.2, 0.25) is 0 Å². The minimum Gasteiger partial charge on any atom is -0.388 e. The van der Waals surface area contributed by atoms with Crippen LogP contribution in [-0.4, -0.2) is 53.9 Å². The zero-order valence-electron chi connectivity index (χ0n) is 9.58. The van der Waals surface area contributed by atoms with Gasteiger partial charge in [0.05, 0.1) is 5.84 Å². The molecule has 1 heterocycles. The van der Waals surface area contributed by atoms with Crippen LogP contribution in [-0.2, 0) is 0 Å². The predicted molar refractivity (Wildman–Crippen MR) is 62.2 cm³/mol. The van der Waals surface area contributed by atoms with E-state index in [1.54, 1.807) is 0 Å². The average molecular weight is 210 g/mol. The van der Waals surface area contributed by atoms with Gasteiger partial charge in [0.1, 0.15) is 0 Å². The fraction of sp³-hybridized carbons (Fsp3) is 0.909. The molecule has 0 bridgehead atoms. The molecule has 4 heteroatoms. The van der Waals surface area contributed by atoms with Gasteiger partial charge in [0.15, 0.2) is 0 Å². The monoisotopic (exact) mass is 210 g/mol. The number of nitrogens with zero attached hydrogens (tertiary/aromatic N) is 2. The van der Waals surface area contributed by atoms with Gasteiger partial charge in [0, 0.05) is 44.7 Å². The minimum absolute atomic E-state index is 0.312. The lowest BCUT2D eigenvalue weighted by atomic mass is 10.1. The minimum atomic E-state index is 0.312. The molecule has 2 aliphatic rings. The van der Waals surface area contributed by atoms with Crippen LogP contribution < -0.4 is 5.73 Å². The zero-order chi connectivity index (χ0) is 10.8.